The van der Waals surface area contributed by atoms with Gasteiger partial charge in [-0.15, -0.1) is 0 Å². The number of halogens is 2. The van der Waals surface area contributed by atoms with E-state index in [1.807, 2.05) is 55.1 Å². The summed E-state index contributed by atoms with van der Waals surface area (Å²) in [6.07, 6.45) is 1.30. The Bertz CT molecular complexity index is 1890. The van der Waals surface area contributed by atoms with Gasteiger partial charge in [-0.1, -0.05) is 61.8 Å². The topological polar surface area (TPSA) is 95.4 Å². The van der Waals surface area contributed by atoms with Crippen molar-refractivity contribution < 1.29 is 4.79 Å². The molecule has 0 saturated carbocycles. The smallest absolute Gasteiger partial charge is 0.275 e. The maximum Gasteiger partial charge on any atom is 0.275 e. The molecular formula is C34H33Cl2N5O2. The van der Waals surface area contributed by atoms with Crippen molar-refractivity contribution in [3.63, 3.8) is 0 Å². The molecule has 1 aliphatic rings. The molecule has 0 radical (unpaired) electrons. The average Bonchev–Trinajstić information content (AvgIpc) is 2.98. The zero-order valence-electron chi connectivity index (χ0n) is 24.6. The number of para-hydroxylation sites is 1. The van der Waals surface area contributed by atoms with E-state index in [-0.39, 0.29) is 23.4 Å². The molecule has 43 heavy (non-hydrogen) atoms. The lowest BCUT2D eigenvalue weighted by molar-refractivity contribution is -0.126. The first kappa shape index (κ1) is 30.2. The maximum atomic E-state index is 14.4. The summed E-state index contributed by atoms with van der Waals surface area (Å²) in [7, 11) is 0. The molecule has 1 saturated heterocycles. The molecule has 2 heterocycles. The summed E-state index contributed by atoms with van der Waals surface area (Å²) in [5.41, 5.74) is 11.3. The van der Waals surface area contributed by atoms with Crippen LogP contribution in [0.5, 0.6) is 0 Å². The molecule has 1 amide bonds. The highest BCUT2D eigenvalue weighted by atomic mass is 35.5. The predicted octanol–water partition coefficient (Wildman–Crippen LogP) is 7.07. The largest absolute Gasteiger partial charge is 0.397 e. The molecule has 4 aromatic rings. The van der Waals surface area contributed by atoms with E-state index in [4.69, 9.17) is 28.9 Å². The van der Waals surface area contributed by atoms with Crippen molar-refractivity contribution in [3.05, 3.63) is 98.3 Å². The van der Waals surface area contributed by atoms with Crippen LogP contribution in [0.4, 0.5) is 11.4 Å². The number of nitrogen functional groups attached to an aromatic ring is 1. The number of hydrogen-bond acceptors (Lipinski definition) is 5. The summed E-state index contributed by atoms with van der Waals surface area (Å²) < 4.78 is 1.61. The molecule has 3 aromatic carbocycles. The van der Waals surface area contributed by atoms with Crippen LogP contribution in [-0.2, 0) is 4.79 Å². The first-order valence-corrected chi connectivity index (χ1v) is 14.9. The van der Waals surface area contributed by atoms with Crippen molar-refractivity contribution in [2.24, 2.45) is 0 Å². The van der Waals surface area contributed by atoms with Gasteiger partial charge >= 0.3 is 0 Å². The SMILES string of the molecule is C=CC(=O)N1CCN(c2c(C#N)c(=O)n(-c3ccccc3C(C)C)c3cc(-c4cc(C)cc(Cl)c4N)c(Cl)cc23)[C@@H](C)C1. The number of fused-ring (bicyclic) bond motifs is 1. The van der Waals surface area contributed by atoms with Crippen molar-refractivity contribution in [2.45, 2.75) is 39.7 Å². The second-order valence-corrected chi connectivity index (χ2v) is 12.1. The third-order valence-corrected chi connectivity index (χ3v) is 8.74. The number of amides is 1. The van der Waals surface area contributed by atoms with E-state index in [1.54, 1.807) is 21.6 Å². The third-order valence-electron chi connectivity index (χ3n) is 8.11. The number of aryl methyl sites for hydroxylation is 1. The molecule has 1 fully saturated rings. The maximum absolute atomic E-state index is 14.4. The van der Waals surface area contributed by atoms with E-state index in [0.29, 0.717) is 68.8 Å². The van der Waals surface area contributed by atoms with E-state index in [2.05, 4.69) is 26.5 Å². The number of nitrogens with two attached hydrogens (primary N) is 1. The lowest BCUT2D eigenvalue weighted by Crippen LogP contribution is -2.54. The van der Waals surface area contributed by atoms with Crippen molar-refractivity contribution in [1.82, 2.24) is 9.47 Å². The van der Waals surface area contributed by atoms with Crippen LogP contribution in [0.15, 0.2) is 66.0 Å². The first-order valence-electron chi connectivity index (χ1n) is 14.1. The number of anilines is 2. The van der Waals surface area contributed by atoms with Gasteiger partial charge in [0.2, 0.25) is 5.91 Å². The Labute approximate surface area is 261 Å². The van der Waals surface area contributed by atoms with Gasteiger partial charge in [-0.05, 0) is 67.3 Å². The van der Waals surface area contributed by atoms with E-state index in [1.165, 1.54) is 6.08 Å². The second kappa shape index (κ2) is 11.8. The van der Waals surface area contributed by atoms with Gasteiger partial charge in [0.05, 0.1) is 27.6 Å². The minimum atomic E-state index is -0.432. The van der Waals surface area contributed by atoms with E-state index in [9.17, 15) is 14.9 Å². The Morgan fingerprint density at radius 2 is 1.84 bits per heavy atom. The minimum absolute atomic E-state index is 0.0170. The summed E-state index contributed by atoms with van der Waals surface area (Å²) in [6, 6.07) is 17.1. The highest BCUT2D eigenvalue weighted by Gasteiger charge is 2.31. The van der Waals surface area contributed by atoms with Gasteiger partial charge in [-0.25, -0.2) is 0 Å². The molecule has 5 rings (SSSR count). The molecule has 0 bridgehead atoms. The molecular weight excluding hydrogens is 581 g/mol. The van der Waals surface area contributed by atoms with Crippen LogP contribution >= 0.6 is 23.2 Å². The number of rotatable bonds is 5. The van der Waals surface area contributed by atoms with Crippen molar-refractivity contribution in [2.75, 3.05) is 30.3 Å². The summed E-state index contributed by atoms with van der Waals surface area (Å²) in [6.45, 7) is 12.9. The molecule has 2 N–H and O–H groups in total. The number of piperazine rings is 1. The van der Waals surface area contributed by atoms with Crippen LogP contribution in [0.25, 0.3) is 27.7 Å². The molecule has 1 aromatic heterocycles. The molecule has 1 atom stereocenters. The van der Waals surface area contributed by atoms with Gasteiger partial charge in [0.1, 0.15) is 11.6 Å². The van der Waals surface area contributed by atoms with E-state index >= 15 is 0 Å². The Morgan fingerprint density at radius 1 is 1.12 bits per heavy atom. The van der Waals surface area contributed by atoms with Crippen LogP contribution < -0.4 is 16.2 Å². The zero-order chi connectivity index (χ0) is 31.2. The summed E-state index contributed by atoms with van der Waals surface area (Å²) in [4.78, 5) is 30.6. The van der Waals surface area contributed by atoms with Gasteiger partial charge in [0, 0.05) is 47.2 Å². The van der Waals surface area contributed by atoms with Crippen LogP contribution in [0, 0.1) is 18.3 Å². The van der Waals surface area contributed by atoms with Crippen LogP contribution in [0.2, 0.25) is 10.0 Å². The molecule has 0 unspecified atom stereocenters. The zero-order valence-corrected chi connectivity index (χ0v) is 26.1. The van der Waals surface area contributed by atoms with Gasteiger partial charge in [0.25, 0.3) is 5.56 Å². The third kappa shape index (κ3) is 5.26. The Morgan fingerprint density at radius 3 is 2.49 bits per heavy atom. The molecule has 9 heteroatoms. The molecule has 220 valence electrons. The van der Waals surface area contributed by atoms with Gasteiger partial charge in [0.15, 0.2) is 0 Å². The summed E-state index contributed by atoms with van der Waals surface area (Å²) in [5, 5.41) is 11.9. The average molecular weight is 615 g/mol. The number of nitrogens with zero attached hydrogens (tertiary/aromatic N) is 4. The number of aromatic nitrogens is 1. The van der Waals surface area contributed by atoms with Crippen LogP contribution in [0.3, 0.4) is 0 Å². The standard InChI is InChI=1S/C34H33Cl2N5O2/c1-6-31(42)39-11-12-40(21(5)18-39)33-25-15-27(35)23(24-13-20(4)14-28(36)32(24)38)16-30(25)41(34(43)26(33)17-37)29-10-8-7-9-22(29)19(2)3/h6-10,13-16,19,21H,1,11-12,18,38H2,2-5H3/t21-/m0/s1. The van der Waals surface area contributed by atoms with E-state index in [0.717, 1.165) is 11.1 Å². The van der Waals surface area contributed by atoms with Gasteiger partial charge in [-0.2, -0.15) is 5.26 Å². The predicted molar refractivity (Wildman–Crippen MR) is 177 cm³/mol. The molecule has 7 nitrogen and oxygen atoms in total. The lowest BCUT2D eigenvalue weighted by Gasteiger charge is -2.41. The molecule has 0 spiro atoms. The normalized spacial score (nSPS) is 15.2. The van der Waals surface area contributed by atoms with Gasteiger partial charge in [-0.3, -0.25) is 14.2 Å². The number of pyridine rings is 1. The van der Waals surface area contributed by atoms with Crippen molar-refractivity contribution in [1.29, 1.82) is 5.26 Å². The highest BCUT2D eigenvalue weighted by molar-refractivity contribution is 6.36. The van der Waals surface area contributed by atoms with Crippen molar-refractivity contribution >= 4 is 51.4 Å². The monoisotopic (exact) mass is 613 g/mol. The molecule has 0 aliphatic carbocycles. The fourth-order valence-corrected chi connectivity index (χ4v) is 6.55. The highest BCUT2D eigenvalue weighted by Crippen LogP contribution is 2.42. The molecule has 1 aliphatic heterocycles. The van der Waals surface area contributed by atoms with Gasteiger partial charge < -0.3 is 15.5 Å². The fraction of sp³-hybridized carbons (Fsp3) is 0.265. The lowest BCUT2D eigenvalue weighted by atomic mass is 9.96. The van der Waals surface area contributed by atoms with Crippen molar-refractivity contribution in [3.8, 4) is 22.9 Å². The Balaban J connectivity index is 1.89. The number of carbonyl (C=O) groups is 1. The summed E-state index contributed by atoms with van der Waals surface area (Å²) in [5.74, 6) is -0.0449. The fourth-order valence-electron chi connectivity index (χ4n) is 6.01. The quantitative estimate of drug-likeness (QED) is 0.192. The number of benzene rings is 3. The Hall–Kier alpha value is -4.25. The number of nitriles is 1. The summed E-state index contributed by atoms with van der Waals surface area (Å²) >= 11 is 13.5. The van der Waals surface area contributed by atoms with E-state index < -0.39 is 5.56 Å². The number of carbonyl (C=O) groups excluding carboxylic acids is 1. The van der Waals surface area contributed by atoms with Crippen LogP contribution in [-0.4, -0.2) is 41.1 Å². The minimum Gasteiger partial charge on any atom is -0.397 e. The Kier molecular flexibility index (Phi) is 8.29. The van der Waals surface area contributed by atoms with Crippen LogP contribution in [0.1, 0.15) is 43.4 Å². The second-order valence-electron chi connectivity index (χ2n) is 11.3. The number of hydrogen-bond donors (Lipinski definition) is 1. The first-order chi connectivity index (χ1) is 20.5.